The molecule has 1 saturated heterocycles. The average molecular weight is 218 g/mol. The van der Waals surface area contributed by atoms with Gasteiger partial charge in [-0.3, -0.25) is 9.78 Å². The molecule has 1 N–H and O–H groups in total. The Kier molecular flexibility index (Phi) is 3.54. The van der Waals surface area contributed by atoms with Gasteiger partial charge in [-0.1, -0.05) is 12.5 Å². The lowest BCUT2D eigenvalue weighted by Crippen LogP contribution is -2.30. The Bertz CT molecular complexity index is 376. The maximum Gasteiger partial charge on any atom is 0.223 e. The van der Waals surface area contributed by atoms with E-state index in [-0.39, 0.29) is 11.8 Å². The van der Waals surface area contributed by atoms with E-state index in [4.69, 9.17) is 0 Å². The van der Waals surface area contributed by atoms with Crippen LogP contribution in [0.2, 0.25) is 0 Å². The van der Waals surface area contributed by atoms with E-state index in [1.807, 2.05) is 25.1 Å². The van der Waals surface area contributed by atoms with Crippen LogP contribution in [-0.2, 0) is 11.2 Å². The number of nitrogens with one attached hydrogen (secondary N) is 1. The molecule has 1 aliphatic heterocycles. The first kappa shape index (κ1) is 11.1. The van der Waals surface area contributed by atoms with Gasteiger partial charge in [-0.15, -0.1) is 0 Å². The topological polar surface area (TPSA) is 42.0 Å². The van der Waals surface area contributed by atoms with E-state index in [2.05, 4.69) is 10.3 Å². The molecule has 1 amide bonds. The molecule has 1 atom stereocenters. The van der Waals surface area contributed by atoms with Crippen LogP contribution < -0.4 is 5.32 Å². The van der Waals surface area contributed by atoms with E-state index in [0.29, 0.717) is 0 Å². The van der Waals surface area contributed by atoms with Crippen molar-refractivity contribution in [1.82, 2.24) is 10.3 Å². The first-order valence-corrected chi connectivity index (χ1v) is 5.96. The molecule has 0 spiro atoms. The molecule has 3 heteroatoms. The highest BCUT2D eigenvalue weighted by Crippen LogP contribution is 2.17. The van der Waals surface area contributed by atoms with Gasteiger partial charge in [0.1, 0.15) is 0 Å². The lowest BCUT2D eigenvalue weighted by atomic mass is 9.97. The van der Waals surface area contributed by atoms with Gasteiger partial charge in [0.15, 0.2) is 0 Å². The van der Waals surface area contributed by atoms with E-state index in [1.165, 1.54) is 0 Å². The van der Waals surface area contributed by atoms with Crippen molar-refractivity contribution in [3.63, 3.8) is 0 Å². The molecule has 0 bridgehead atoms. The van der Waals surface area contributed by atoms with Crippen LogP contribution in [0.5, 0.6) is 0 Å². The Balaban J connectivity index is 2.05. The summed E-state index contributed by atoms with van der Waals surface area (Å²) < 4.78 is 0. The summed E-state index contributed by atoms with van der Waals surface area (Å²) in [5.41, 5.74) is 2.05. The fraction of sp³-hybridized carbons (Fsp3) is 0.538. The summed E-state index contributed by atoms with van der Waals surface area (Å²) in [6, 6.07) is 5.99. The summed E-state index contributed by atoms with van der Waals surface area (Å²) in [6.07, 6.45) is 3.99. The van der Waals surface area contributed by atoms with Gasteiger partial charge in [0.05, 0.1) is 0 Å². The number of rotatable bonds is 2. The number of aryl methyl sites for hydroxylation is 1. The molecule has 16 heavy (non-hydrogen) atoms. The van der Waals surface area contributed by atoms with E-state index in [0.717, 1.165) is 43.6 Å². The first-order chi connectivity index (χ1) is 7.75. The Labute approximate surface area is 96.3 Å². The van der Waals surface area contributed by atoms with Crippen LogP contribution in [0.15, 0.2) is 18.2 Å². The number of amides is 1. The van der Waals surface area contributed by atoms with Crippen molar-refractivity contribution >= 4 is 5.91 Å². The van der Waals surface area contributed by atoms with Gasteiger partial charge in [0.2, 0.25) is 5.91 Å². The molecule has 1 aliphatic rings. The van der Waals surface area contributed by atoms with Gasteiger partial charge in [0.25, 0.3) is 0 Å². The predicted molar refractivity (Wildman–Crippen MR) is 63.0 cm³/mol. The highest BCUT2D eigenvalue weighted by molar-refractivity contribution is 5.79. The summed E-state index contributed by atoms with van der Waals surface area (Å²) in [4.78, 5) is 16.2. The van der Waals surface area contributed by atoms with Crippen molar-refractivity contribution < 1.29 is 4.79 Å². The van der Waals surface area contributed by atoms with Crippen LogP contribution >= 0.6 is 0 Å². The number of hydrogen-bond donors (Lipinski definition) is 1. The zero-order chi connectivity index (χ0) is 11.4. The Morgan fingerprint density at radius 3 is 3.12 bits per heavy atom. The molecule has 1 aromatic heterocycles. The summed E-state index contributed by atoms with van der Waals surface area (Å²) in [7, 11) is 0. The van der Waals surface area contributed by atoms with Gasteiger partial charge in [-0.05, 0) is 31.9 Å². The SMILES string of the molecule is Cc1cccc(CC2CCCCNC2=O)n1. The van der Waals surface area contributed by atoms with E-state index >= 15 is 0 Å². The fourth-order valence-electron chi connectivity index (χ4n) is 2.16. The van der Waals surface area contributed by atoms with Crippen LogP contribution in [0.1, 0.15) is 30.7 Å². The third kappa shape index (κ3) is 2.81. The highest BCUT2D eigenvalue weighted by atomic mass is 16.1. The van der Waals surface area contributed by atoms with Gasteiger partial charge in [-0.25, -0.2) is 0 Å². The zero-order valence-electron chi connectivity index (χ0n) is 9.70. The largest absolute Gasteiger partial charge is 0.356 e. The standard InChI is InChI=1S/C13H18N2O/c1-10-5-4-7-12(15-10)9-11-6-2-3-8-14-13(11)16/h4-5,7,11H,2-3,6,8-9H2,1H3,(H,14,16). The quantitative estimate of drug-likeness (QED) is 0.823. The molecule has 0 saturated carbocycles. The van der Waals surface area contributed by atoms with Crippen molar-refractivity contribution in [2.24, 2.45) is 5.92 Å². The summed E-state index contributed by atoms with van der Waals surface area (Å²) in [6.45, 7) is 2.81. The molecule has 2 rings (SSSR count). The molecular formula is C13H18N2O. The number of carbonyl (C=O) groups is 1. The summed E-state index contributed by atoms with van der Waals surface area (Å²) in [5.74, 6) is 0.303. The molecule has 86 valence electrons. The molecule has 1 unspecified atom stereocenters. The second-order valence-corrected chi connectivity index (χ2v) is 4.46. The lowest BCUT2D eigenvalue weighted by molar-refractivity contribution is -0.124. The third-order valence-corrected chi connectivity index (χ3v) is 3.05. The maximum atomic E-state index is 11.8. The van der Waals surface area contributed by atoms with Crippen molar-refractivity contribution in [3.8, 4) is 0 Å². The van der Waals surface area contributed by atoms with Crippen LogP contribution in [0.25, 0.3) is 0 Å². The van der Waals surface area contributed by atoms with E-state index < -0.39 is 0 Å². The van der Waals surface area contributed by atoms with E-state index in [1.54, 1.807) is 0 Å². The number of nitrogens with zero attached hydrogens (tertiary/aromatic N) is 1. The molecule has 1 aromatic rings. The Morgan fingerprint density at radius 1 is 1.44 bits per heavy atom. The normalized spacial score (nSPS) is 21.3. The van der Waals surface area contributed by atoms with Crippen molar-refractivity contribution in [2.45, 2.75) is 32.6 Å². The molecule has 3 nitrogen and oxygen atoms in total. The minimum atomic E-state index is 0.108. The van der Waals surface area contributed by atoms with Crippen molar-refractivity contribution in [1.29, 1.82) is 0 Å². The second kappa shape index (κ2) is 5.10. The number of carbonyl (C=O) groups excluding carboxylic acids is 1. The monoisotopic (exact) mass is 218 g/mol. The summed E-state index contributed by atoms with van der Waals surface area (Å²) >= 11 is 0. The second-order valence-electron chi connectivity index (χ2n) is 4.46. The Morgan fingerprint density at radius 2 is 2.31 bits per heavy atom. The number of hydrogen-bond acceptors (Lipinski definition) is 2. The zero-order valence-corrected chi connectivity index (χ0v) is 9.70. The maximum absolute atomic E-state index is 11.8. The fourth-order valence-corrected chi connectivity index (χ4v) is 2.16. The minimum Gasteiger partial charge on any atom is -0.356 e. The van der Waals surface area contributed by atoms with Crippen LogP contribution in [0.4, 0.5) is 0 Å². The van der Waals surface area contributed by atoms with Gasteiger partial charge >= 0.3 is 0 Å². The van der Waals surface area contributed by atoms with Crippen LogP contribution in [-0.4, -0.2) is 17.4 Å². The molecule has 0 aliphatic carbocycles. The molecule has 0 aromatic carbocycles. The minimum absolute atomic E-state index is 0.108. The Hall–Kier alpha value is -1.38. The lowest BCUT2D eigenvalue weighted by Gasteiger charge is -2.12. The molecule has 0 radical (unpaired) electrons. The predicted octanol–water partition coefficient (Wildman–Crippen LogP) is 1.85. The number of pyridine rings is 1. The molecule has 2 heterocycles. The van der Waals surface area contributed by atoms with Crippen molar-refractivity contribution in [2.75, 3.05) is 6.54 Å². The van der Waals surface area contributed by atoms with Gasteiger partial charge in [-0.2, -0.15) is 0 Å². The first-order valence-electron chi connectivity index (χ1n) is 5.96. The van der Waals surface area contributed by atoms with E-state index in [9.17, 15) is 4.79 Å². The summed E-state index contributed by atoms with van der Waals surface area (Å²) in [5, 5.41) is 2.96. The number of aromatic nitrogens is 1. The average Bonchev–Trinajstić information content (AvgIpc) is 2.45. The smallest absolute Gasteiger partial charge is 0.223 e. The van der Waals surface area contributed by atoms with Gasteiger partial charge in [0, 0.05) is 30.3 Å². The third-order valence-electron chi connectivity index (χ3n) is 3.05. The van der Waals surface area contributed by atoms with Crippen molar-refractivity contribution in [3.05, 3.63) is 29.6 Å². The molecule has 1 fully saturated rings. The van der Waals surface area contributed by atoms with Crippen LogP contribution in [0.3, 0.4) is 0 Å². The highest BCUT2D eigenvalue weighted by Gasteiger charge is 2.21. The van der Waals surface area contributed by atoms with Crippen LogP contribution in [0, 0.1) is 12.8 Å². The molecular weight excluding hydrogens is 200 g/mol. The van der Waals surface area contributed by atoms with Gasteiger partial charge < -0.3 is 5.32 Å².